The van der Waals surface area contributed by atoms with Crippen LogP contribution in [-0.4, -0.2) is 27.7 Å². The quantitative estimate of drug-likeness (QED) is 0.471. The summed E-state index contributed by atoms with van der Waals surface area (Å²) in [6.07, 6.45) is 0. The zero-order chi connectivity index (χ0) is 15.4. The first kappa shape index (κ1) is 15.0. The first-order chi connectivity index (χ1) is 10.0. The van der Waals surface area contributed by atoms with Crippen molar-refractivity contribution in [2.45, 2.75) is 24.0 Å². The monoisotopic (exact) mass is 309 g/mol. The smallest absolute Gasteiger partial charge is 0.396 e. The summed E-state index contributed by atoms with van der Waals surface area (Å²) >= 11 is 0.923. The third kappa shape index (κ3) is 3.57. The topological polar surface area (TPSA) is 108 Å². The zero-order valence-electron chi connectivity index (χ0n) is 11.2. The molecule has 0 aliphatic heterocycles. The Morgan fingerprint density at radius 3 is 2.90 bits per heavy atom. The molecule has 0 atom stereocenters. The Morgan fingerprint density at radius 1 is 1.48 bits per heavy atom. The molecular formula is C12H11N3O5S. The molecule has 0 radical (unpaired) electrons. The number of aromatic nitrogens is 2. The van der Waals surface area contributed by atoms with Crippen molar-refractivity contribution in [3.63, 3.8) is 0 Å². The Hall–Kier alpha value is -2.42. The Kier molecular flexibility index (Phi) is 4.53. The Morgan fingerprint density at radius 2 is 2.24 bits per heavy atom. The standard InChI is InChI=1S/C12H11N3O5S/c1-3-19-11(16)10-13-14-12(20-10)21-9-6-7(2)4-5-8(9)15(17)18/h4-6H,3H2,1-2H3. The highest BCUT2D eigenvalue weighted by atomic mass is 32.2. The van der Waals surface area contributed by atoms with E-state index >= 15 is 0 Å². The van der Waals surface area contributed by atoms with Crippen LogP contribution in [-0.2, 0) is 4.74 Å². The van der Waals surface area contributed by atoms with E-state index in [1.165, 1.54) is 6.07 Å². The van der Waals surface area contributed by atoms with Gasteiger partial charge in [-0.3, -0.25) is 10.1 Å². The molecule has 0 N–H and O–H groups in total. The minimum atomic E-state index is -0.726. The maximum atomic E-state index is 11.4. The number of benzene rings is 1. The number of nitrogens with zero attached hydrogens (tertiary/aromatic N) is 3. The SMILES string of the molecule is CCOC(=O)c1nnc(Sc2cc(C)ccc2[N+](=O)[O-])o1. The Balaban J connectivity index is 2.24. The van der Waals surface area contributed by atoms with Gasteiger partial charge in [-0.05, 0) is 37.2 Å². The number of nitro groups is 1. The van der Waals surface area contributed by atoms with E-state index in [-0.39, 0.29) is 23.4 Å². The van der Waals surface area contributed by atoms with Crippen molar-refractivity contribution < 1.29 is 18.9 Å². The van der Waals surface area contributed by atoms with Gasteiger partial charge >= 0.3 is 11.9 Å². The highest BCUT2D eigenvalue weighted by molar-refractivity contribution is 7.99. The van der Waals surface area contributed by atoms with Gasteiger partial charge in [-0.2, -0.15) is 0 Å². The van der Waals surface area contributed by atoms with Crippen LogP contribution in [0.4, 0.5) is 5.69 Å². The lowest BCUT2D eigenvalue weighted by Crippen LogP contribution is -2.04. The van der Waals surface area contributed by atoms with E-state index in [4.69, 9.17) is 9.15 Å². The number of hydrogen-bond acceptors (Lipinski definition) is 8. The van der Waals surface area contributed by atoms with Crippen LogP contribution in [0.2, 0.25) is 0 Å². The van der Waals surface area contributed by atoms with Gasteiger partial charge in [0.25, 0.3) is 10.9 Å². The fourth-order valence-corrected chi connectivity index (χ4v) is 2.36. The van der Waals surface area contributed by atoms with E-state index in [9.17, 15) is 14.9 Å². The summed E-state index contributed by atoms with van der Waals surface area (Å²) in [5.41, 5.74) is 0.787. The van der Waals surface area contributed by atoms with Gasteiger partial charge in [0.1, 0.15) is 0 Å². The molecule has 1 heterocycles. The lowest BCUT2D eigenvalue weighted by atomic mass is 10.2. The maximum Gasteiger partial charge on any atom is 0.396 e. The van der Waals surface area contributed by atoms with E-state index in [1.807, 2.05) is 6.92 Å². The van der Waals surface area contributed by atoms with Gasteiger partial charge < -0.3 is 9.15 Å². The van der Waals surface area contributed by atoms with E-state index in [1.54, 1.807) is 19.1 Å². The lowest BCUT2D eigenvalue weighted by Gasteiger charge is -2.00. The van der Waals surface area contributed by atoms with E-state index in [2.05, 4.69) is 10.2 Å². The molecule has 0 amide bonds. The lowest BCUT2D eigenvalue weighted by molar-refractivity contribution is -0.387. The second kappa shape index (κ2) is 6.35. The molecule has 21 heavy (non-hydrogen) atoms. The number of hydrogen-bond donors (Lipinski definition) is 0. The minimum Gasteiger partial charge on any atom is -0.459 e. The zero-order valence-corrected chi connectivity index (χ0v) is 12.0. The van der Waals surface area contributed by atoms with Gasteiger partial charge in [-0.25, -0.2) is 4.79 Å². The van der Waals surface area contributed by atoms with Crippen molar-refractivity contribution in [1.82, 2.24) is 10.2 Å². The number of carbonyl (C=O) groups is 1. The van der Waals surface area contributed by atoms with Crippen molar-refractivity contribution in [1.29, 1.82) is 0 Å². The van der Waals surface area contributed by atoms with Crippen LogP contribution in [0.15, 0.2) is 32.7 Å². The molecule has 0 aliphatic carbocycles. The molecule has 0 fully saturated rings. The molecule has 110 valence electrons. The molecule has 8 nitrogen and oxygen atoms in total. The molecule has 0 saturated carbocycles. The van der Waals surface area contributed by atoms with Crippen molar-refractivity contribution >= 4 is 23.4 Å². The molecule has 0 unspecified atom stereocenters. The minimum absolute atomic E-state index is 0.0340. The van der Waals surface area contributed by atoms with Crippen LogP contribution in [0.1, 0.15) is 23.2 Å². The summed E-state index contributed by atoms with van der Waals surface area (Å²) in [5.74, 6) is -1.01. The number of nitro benzene ring substituents is 1. The molecule has 0 spiro atoms. The predicted molar refractivity (Wildman–Crippen MR) is 72.2 cm³/mol. The number of ether oxygens (including phenoxy) is 1. The molecule has 0 saturated heterocycles. The van der Waals surface area contributed by atoms with Crippen LogP contribution in [0.3, 0.4) is 0 Å². The van der Waals surface area contributed by atoms with Crippen LogP contribution in [0.5, 0.6) is 0 Å². The van der Waals surface area contributed by atoms with Crippen molar-refractivity contribution in [3.05, 3.63) is 39.8 Å². The molecule has 0 bridgehead atoms. The third-order valence-electron chi connectivity index (χ3n) is 2.37. The third-order valence-corrected chi connectivity index (χ3v) is 3.25. The van der Waals surface area contributed by atoms with Crippen molar-refractivity contribution in [2.75, 3.05) is 6.61 Å². The molecule has 1 aromatic heterocycles. The Bertz CT molecular complexity index is 685. The molecule has 2 aromatic rings. The fraction of sp³-hybridized carbons (Fsp3) is 0.250. The van der Waals surface area contributed by atoms with Gasteiger partial charge in [0, 0.05) is 6.07 Å². The van der Waals surface area contributed by atoms with E-state index in [0.29, 0.717) is 4.90 Å². The molecular weight excluding hydrogens is 298 g/mol. The number of aryl methyl sites for hydroxylation is 1. The summed E-state index contributed by atoms with van der Waals surface area (Å²) in [6, 6.07) is 4.68. The molecule has 1 aromatic carbocycles. The normalized spacial score (nSPS) is 10.4. The van der Waals surface area contributed by atoms with Gasteiger partial charge in [-0.15, -0.1) is 5.10 Å². The summed E-state index contributed by atoms with van der Waals surface area (Å²) in [7, 11) is 0. The summed E-state index contributed by atoms with van der Waals surface area (Å²) in [5, 5.41) is 18.2. The fourth-order valence-electron chi connectivity index (χ4n) is 1.47. The van der Waals surface area contributed by atoms with Gasteiger partial charge in [0.2, 0.25) is 0 Å². The van der Waals surface area contributed by atoms with Crippen LogP contribution < -0.4 is 0 Å². The number of esters is 1. The second-order valence-electron chi connectivity index (χ2n) is 3.92. The summed E-state index contributed by atoms with van der Waals surface area (Å²) in [6.45, 7) is 3.65. The van der Waals surface area contributed by atoms with Crippen LogP contribution in [0, 0.1) is 17.0 Å². The number of carbonyl (C=O) groups excluding carboxylic acids is 1. The maximum absolute atomic E-state index is 11.4. The molecule has 0 aliphatic rings. The van der Waals surface area contributed by atoms with Crippen LogP contribution >= 0.6 is 11.8 Å². The largest absolute Gasteiger partial charge is 0.459 e. The van der Waals surface area contributed by atoms with E-state index in [0.717, 1.165) is 17.3 Å². The highest BCUT2D eigenvalue weighted by Crippen LogP contribution is 2.34. The highest BCUT2D eigenvalue weighted by Gasteiger charge is 2.20. The van der Waals surface area contributed by atoms with Crippen molar-refractivity contribution in [3.8, 4) is 0 Å². The first-order valence-corrected chi connectivity index (χ1v) is 6.76. The Labute approximate surface area is 123 Å². The van der Waals surface area contributed by atoms with Gasteiger partial charge in [-0.1, -0.05) is 11.2 Å². The average Bonchev–Trinajstić information content (AvgIpc) is 2.87. The van der Waals surface area contributed by atoms with Crippen molar-refractivity contribution in [2.24, 2.45) is 0 Å². The second-order valence-corrected chi connectivity index (χ2v) is 4.92. The summed E-state index contributed by atoms with van der Waals surface area (Å²) in [4.78, 5) is 22.2. The molecule has 2 rings (SSSR count). The predicted octanol–water partition coefficient (Wildman–Crippen LogP) is 2.61. The molecule has 9 heteroatoms. The first-order valence-electron chi connectivity index (χ1n) is 5.94. The summed E-state index contributed by atoms with van der Waals surface area (Å²) < 4.78 is 9.84. The van der Waals surface area contributed by atoms with Crippen LogP contribution in [0.25, 0.3) is 0 Å². The number of rotatable bonds is 5. The van der Waals surface area contributed by atoms with Gasteiger partial charge in [0.05, 0.1) is 16.4 Å². The van der Waals surface area contributed by atoms with E-state index < -0.39 is 10.9 Å². The van der Waals surface area contributed by atoms with Gasteiger partial charge in [0.15, 0.2) is 0 Å². The average molecular weight is 309 g/mol.